The molecule has 0 spiro atoms. The second-order valence-corrected chi connectivity index (χ2v) is 6.60. The largest absolute Gasteiger partial charge is 0.491 e. The lowest BCUT2D eigenvalue weighted by Gasteiger charge is -2.12. The Morgan fingerprint density at radius 3 is 2.69 bits per heavy atom. The molecule has 1 N–H and O–H groups in total. The molecular weight excluding hydrogens is 352 g/mol. The zero-order valence-corrected chi connectivity index (χ0v) is 15.3. The van der Waals surface area contributed by atoms with Crippen molar-refractivity contribution in [1.82, 2.24) is 4.57 Å². The molecular formula is C20H19ClN2O3. The highest BCUT2D eigenvalue weighted by Crippen LogP contribution is 2.21. The van der Waals surface area contributed by atoms with Gasteiger partial charge in [-0.25, -0.2) is 0 Å². The Hall–Kier alpha value is -2.79. The molecule has 5 nitrogen and oxygen atoms in total. The van der Waals surface area contributed by atoms with Gasteiger partial charge in [0, 0.05) is 11.6 Å². The van der Waals surface area contributed by atoms with Gasteiger partial charge in [-0.05, 0) is 55.6 Å². The molecule has 0 saturated heterocycles. The van der Waals surface area contributed by atoms with Crippen LogP contribution in [0.3, 0.4) is 0 Å². The number of rotatable bonds is 5. The first-order valence-corrected chi connectivity index (χ1v) is 8.66. The van der Waals surface area contributed by atoms with Crippen molar-refractivity contribution in [3.63, 3.8) is 0 Å². The maximum absolute atomic E-state index is 12.6. The van der Waals surface area contributed by atoms with Gasteiger partial charge in [0.25, 0.3) is 5.56 Å². The minimum atomic E-state index is -0.320. The molecule has 1 amide bonds. The number of amides is 1. The third-order valence-corrected chi connectivity index (χ3v) is 4.11. The van der Waals surface area contributed by atoms with Gasteiger partial charge in [-0.15, -0.1) is 0 Å². The first kappa shape index (κ1) is 18.0. The first-order valence-electron chi connectivity index (χ1n) is 8.28. The number of pyridine rings is 1. The van der Waals surface area contributed by atoms with E-state index in [2.05, 4.69) is 5.32 Å². The fraction of sp³-hybridized carbons (Fsp3) is 0.200. The van der Waals surface area contributed by atoms with E-state index in [1.165, 1.54) is 4.57 Å². The van der Waals surface area contributed by atoms with E-state index in [0.29, 0.717) is 21.8 Å². The molecule has 0 aliphatic heterocycles. The van der Waals surface area contributed by atoms with Crippen molar-refractivity contribution >= 4 is 34.0 Å². The summed E-state index contributed by atoms with van der Waals surface area (Å²) in [5, 5.41) is 4.47. The zero-order chi connectivity index (χ0) is 18.7. The van der Waals surface area contributed by atoms with Crippen LogP contribution in [0.15, 0.2) is 59.5 Å². The summed E-state index contributed by atoms with van der Waals surface area (Å²) in [5.74, 6) is 0.389. The normalized spacial score (nSPS) is 10.9. The van der Waals surface area contributed by atoms with Gasteiger partial charge in [0.05, 0.1) is 16.8 Å². The van der Waals surface area contributed by atoms with Crippen molar-refractivity contribution in [3.8, 4) is 5.75 Å². The fourth-order valence-electron chi connectivity index (χ4n) is 2.64. The summed E-state index contributed by atoms with van der Waals surface area (Å²) in [6.07, 6.45) is 1.66. The third kappa shape index (κ3) is 4.06. The van der Waals surface area contributed by atoms with Crippen LogP contribution in [0.1, 0.15) is 13.8 Å². The summed E-state index contributed by atoms with van der Waals surface area (Å²) in [6, 6.07) is 14.1. The van der Waals surface area contributed by atoms with Crippen LogP contribution in [-0.4, -0.2) is 16.6 Å². The standard InChI is InChI=1S/C20H19ClN2O3/c1-13(2)26-15-7-8-16-14(11-15)9-10-23(20(16)25)12-19(24)22-18-6-4-3-5-17(18)21/h3-11,13H,12H2,1-2H3,(H,22,24). The van der Waals surface area contributed by atoms with Crippen molar-refractivity contribution in [3.05, 3.63) is 70.1 Å². The zero-order valence-electron chi connectivity index (χ0n) is 14.5. The van der Waals surface area contributed by atoms with Crippen LogP contribution >= 0.6 is 11.6 Å². The number of fused-ring (bicyclic) bond motifs is 1. The van der Waals surface area contributed by atoms with Gasteiger partial charge in [0.15, 0.2) is 0 Å². The average Bonchev–Trinajstić information content (AvgIpc) is 2.59. The summed E-state index contributed by atoms with van der Waals surface area (Å²) < 4.78 is 7.02. The molecule has 0 aliphatic rings. The minimum absolute atomic E-state index is 0.0568. The lowest BCUT2D eigenvalue weighted by Crippen LogP contribution is -2.27. The van der Waals surface area contributed by atoms with Gasteiger partial charge >= 0.3 is 0 Å². The van der Waals surface area contributed by atoms with Gasteiger partial charge in [0.1, 0.15) is 12.3 Å². The second-order valence-electron chi connectivity index (χ2n) is 6.19. The second kappa shape index (κ2) is 7.62. The van der Waals surface area contributed by atoms with E-state index in [1.807, 2.05) is 19.9 Å². The summed E-state index contributed by atoms with van der Waals surface area (Å²) in [7, 11) is 0. The van der Waals surface area contributed by atoms with Crippen LogP contribution in [0.4, 0.5) is 5.69 Å². The van der Waals surface area contributed by atoms with E-state index in [0.717, 1.165) is 5.39 Å². The van der Waals surface area contributed by atoms with Gasteiger partial charge in [0.2, 0.25) is 5.91 Å². The van der Waals surface area contributed by atoms with E-state index >= 15 is 0 Å². The lowest BCUT2D eigenvalue weighted by atomic mass is 10.1. The molecule has 3 aromatic rings. The topological polar surface area (TPSA) is 60.3 Å². The van der Waals surface area contributed by atoms with Gasteiger partial charge in [-0.2, -0.15) is 0 Å². The SMILES string of the molecule is CC(C)Oc1ccc2c(=O)n(CC(=O)Nc3ccccc3Cl)ccc2c1. The van der Waals surface area contributed by atoms with Crippen LogP contribution in [-0.2, 0) is 11.3 Å². The summed E-state index contributed by atoms with van der Waals surface area (Å²) in [4.78, 5) is 24.9. The number of nitrogens with one attached hydrogen (secondary N) is 1. The van der Waals surface area contributed by atoms with Crippen molar-refractivity contribution in [2.45, 2.75) is 26.5 Å². The smallest absolute Gasteiger partial charge is 0.258 e. The highest BCUT2D eigenvalue weighted by atomic mass is 35.5. The lowest BCUT2D eigenvalue weighted by molar-refractivity contribution is -0.116. The number of para-hydroxylation sites is 1. The van der Waals surface area contributed by atoms with Gasteiger partial charge < -0.3 is 14.6 Å². The Balaban J connectivity index is 1.82. The number of carbonyl (C=O) groups is 1. The predicted molar refractivity (Wildman–Crippen MR) is 104 cm³/mol. The van der Waals surface area contributed by atoms with Crippen LogP contribution in [0.2, 0.25) is 5.02 Å². The summed E-state index contributed by atoms with van der Waals surface area (Å²) >= 11 is 6.04. The number of aromatic nitrogens is 1. The van der Waals surface area contributed by atoms with Crippen LogP contribution in [0, 0.1) is 0 Å². The molecule has 0 saturated carbocycles. The predicted octanol–water partition coefficient (Wildman–Crippen LogP) is 4.08. The Kier molecular flexibility index (Phi) is 5.28. The molecule has 2 aromatic carbocycles. The molecule has 1 aromatic heterocycles. The van der Waals surface area contributed by atoms with E-state index in [1.54, 1.807) is 48.7 Å². The molecule has 0 bridgehead atoms. The molecule has 0 radical (unpaired) electrons. The summed E-state index contributed by atoms with van der Waals surface area (Å²) in [5.41, 5.74) is 0.288. The molecule has 134 valence electrons. The van der Waals surface area contributed by atoms with Crippen molar-refractivity contribution < 1.29 is 9.53 Å². The number of hydrogen-bond donors (Lipinski definition) is 1. The number of nitrogens with zero attached hydrogens (tertiary/aromatic N) is 1. The average molecular weight is 371 g/mol. The minimum Gasteiger partial charge on any atom is -0.491 e. The Bertz CT molecular complexity index is 1010. The summed E-state index contributed by atoms with van der Waals surface area (Å²) in [6.45, 7) is 3.80. The molecule has 0 atom stereocenters. The Labute approximate surface area is 156 Å². The number of anilines is 1. The van der Waals surface area contributed by atoms with Gasteiger partial charge in [-0.3, -0.25) is 9.59 Å². The number of hydrogen-bond acceptors (Lipinski definition) is 3. The molecule has 3 rings (SSSR count). The molecule has 6 heteroatoms. The van der Waals surface area contributed by atoms with Gasteiger partial charge in [-0.1, -0.05) is 23.7 Å². The Morgan fingerprint density at radius 1 is 1.19 bits per heavy atom. The van der Waals surface area contributed by atoms with E-state index in [4.69, 9.17) is 16.3 Å². The monoisotopic (exact) mass is 370 g/mol. The maximum atomic E-state index is 12.6. The molecule has 26 heavy (non-hydrogen) atoms. The third-order valence-electron chi connectivity index (χ3n) is 3.78. The van der Waals surface area contributed by atoms with E-state index in [9.17, 15) is 9.59 Å². The van der Waals surface area contributed by atoms with E-state index < -0.39 is 0 Å². The number of benzene rings is 2. The molecule has 0 unspecified atom stereocenters. The number of ether oxygens (including phenoxy) is 1. The van der Waals surface area contributed by atoms with E-state index in [-0.39, 0.29) is 24.1 Å². The number of halogens is 1. The van der Waals surface area contributed by atoms with Crippen LogP contribution in [0.25, 0.3) is 10.8 Å². The van der Waals surface area contributed by atoms with Crippen molar-refractivity contribution in [1.29, 1.82) is 0 Å². The first-order chi connectivity index (χ1) is 12.4. The molecule has 0 aliphatic carbocycles. The molecule has 1 heterocycles. The van der Waals surface area contributed by atoms with Crippen molar-refractivity contribution in [2.75, 3.05) is 5.32 Å². The van der Waals surface area contributed by atoms with Crippen LogP contribution < -0.4 is 15.6 Å². The highest BCUT2D eigenvalue weighted by molar-refractivity contribution is 6.33. The number of carbonyl (C=O) groups excluding carboxylic acids is 1. The van der Waals surface area contributed by atoms with Crippen molar-refractivity contribution in [2.24, 2.45) is 0 Å². The Morgan fingerprint density at radius 2 is 1.96 bits per heavy atom. The fourth-order valence-corrected chi connectivity index (χ4v) is 2.83. The maximum Gasteiger partial charge on any atom is 0.258 e. The highest BCUT2D eigenvalue weighted by Gasteiger charge is 2.10. The molecule has 0 fully saturated rings. The van der Waals surface area contributed by atoms with Crippen LogP contribution in [0.5, 0.6) is 5.75 Å². The quantitative estimate of drug-likeness (QED) is 0.736.